The number of nitrogens with one attached hydrogen (secondary N) is 1. The second-order valence-electron chi connectivity index (χ2n) is 6.08. The molecule has 3 aromatic rings. The Morgan fingerprint density at radius 2 is 1.78 bits per heavy atom. The number of alkyl halides is 3. The van der Waals surface area contributed by atoms with E-state index in [2.05, 4.69) is 16.9 Å². The van der Waals surface area contributed by atoms with E-state index in [4.69, 9.17) is 0 Å². The minimum absolute atomic E-state index is 0.263. The average Bonchev–Trinajstić information content (AvgIpc) is 2.67. The molecule has 1 aromatic heterocycles. The van der Waals surface area contributed by atoms with E-state index in [1.54, 1.807) is 6.20 Å². The number of pyridine rings is 1. The zero-order valence-corrected chi connectivity index (χ0v) is 14.4. The fraction of sp³-hybridized carbons (Fsp3) is 0.143. The molecule has 0 radical (unpaired) electrons. The molecule has 0 spiro atoms. The molecule has 0 aliphatic rings. The van der Waals surface area contributed by atoms with Crippen LogP contribution < -0.4 is 5.32 Å². The maximum absolute atomic E-state index is 12.7. The Bertz CT molecular complexity index is 979. The lowest BCUT2D eigenvalue weighted by Crippen LogP contribution is -2.20. The highest BCUT2D eigenvalue weighted by molar-refractivity contribution is 5.88. The molecule has 1 N–H and O–H groups in total. The summed E-state index contributed by atoms with van der Waals surface area (Å²) in [5, 5.41) is 3.63. The smallest absolute Gasteiger partial charge is 0.348 e. The van der Waals surface area contributed by atoms with Crippen molar-refractivity contribution < 1.29 is 18.0 Å². The number of fused-ring (bicyclic) bond motifs is 1. The fourth-order valence-electron chi connectivity index (χ4n) is 2.87. The molecule has 0 saturated carbocycles. The van der Waals surface area contributed by atoms with Gasteiger partial charge in [0, 0.05) is 18.1 Å². The SMILES string of the molecule is C=CC(=O)NCc1ccc(Cc2ccc(C(F)(F)F)cc2)c2ncccc12. The second-order valence-corrected chi connectivity index (χ2v) is 6.08. The molecule has 0 atom stereocenters. The first kappa shape index (κ1) is 18.6. The van der Waals surface area contributed by atoms with Gasteiger partial charge in [0.15, 0.2) is 0 Å². The number of amides is 1. The largest absolute Gasteiger partial charge is 0.416 e. The van der Waals surface area contributed by atoms with E-state index < -0.39 is 11.7 Å². The first-order valence-electron chi connectivity index (χ1n) is 8.30. The molecule has 0 fully saturated rings. The van der Waals surface area contributed by atoms with E-state index in [1.807, 2.05) is 24.3 Å². The van der Waals surface area contributed by atoms with E-state index in [0.29, 0.717) is 13.0 Å². The highest BCUT2D eigenvalue weighted by atomic mass is 19.4. The van der Waals surface area contributed by atoms with Crippen LogP contribution in [0.15, 0.2) is 67.4 Å². The van der Waals surface area contributed by atoms with E-state index in [9.17, 15) is 18.0 Å². The summed E-state index contributed by atoms with van der Waals surface area (Å²) in [6.45, 7) is 3.76. The minimum atomic E-state index is -4.34. The summed E-state index contributed by atoms with van der Waals surface area (Å²) in [5.41, 5.74) is 2.68. The third-order valence-electron chi connectivity index (χ3n) is 4.26. The van der Waals surface area contributed by atoms with Gasteiger partial charge in [0.1, 0.15) is 0 Å². The Hall–Kier alpha value is -3.15. The van der Waals surface area contributed by atoms with Crippen molar-refractivity contribution in [2.24, 2.45) is 0 Å². The van der Waals surface area contributed by atoms with Crippen LogP contribution in [0.4, 0.5) is 13.2 Å². The summed E-state index contributed by atoms with van der Waals surface area (Å²) in [6, 6.07) is 12.6. The number of hydrogen-bond donors (Lipinski definition) is 1. The molecular formula is C21H17F3N2O. The van der Waals surface area contributed by atoms with Crippen LogP contribution >= 0.6 is 0 Å². The van der Waals surface area contributed by atoms with Crippen molar-refractivity contribution >= 4 is 16.8 Å². The van der Waals surface area contributed by atoms with Crippen molar-refractivity contribution in [1.82, 2.24) is 10.3 Å². The van der Waals surface area contributed by atoms with Crippen LogP contribution in [0.5, 0.6) is 0 Å². The lowest BCUT2D eigenvalue weighted by atomic mass is 9.98. The highest BCUT2D eigenvalue weighted by Gasteiger charge is 2.29. The van der Waals surface area contributed by atoms with Crippen LogP contribution in [-0.4, -0.2) is 10.9 Å². The van der Waals surface area contributed by atoms with Crippen LogP contribution in [-0.2, 0) is 23.9 Å². The lowest BCUT2D eigenvalue weighted by molar-refractivity contribution is -0.137. The molecule has 2 aromatic carbocycles. The van der Waals surface area contributed by atoms with Crippen molar-refractivity contribution in [2.45, 2.75) is 19.1 Å². The van der Waals surface area contributed by atoms with Crippen molar-refractivity contribution in [3.05, 3.63) is 89.6 Å². The number of carbonyl (C=O) groups is 1. The number of aromatic nitrogens is 1. The summed E-state index contributed by atoms with van der Waals surface area (Å²) >= 11 is 0. The Morgan fingerprint density at radius 1 is 1.07 bits per heavy atom. The molecule has 1 heterocycles. The monoisotopic (exact) mass is 370 g/mol. The third kappa shape index (κ3) is 4.34. The molecule has 0 bridgehead atoms. The quantitative estimate of drug-likeness (QED) is 0.665. The molecule has 138 valence electrons. The van der Waals surface area contributed by atoms with Gasteiger partial charge in [-0.15, -0.1) is 0 Å². The van der Waals surface area contributed by atoms with Gasteiger partial charge in [0.25, 0.3) is 0 Å². The van der Waals surface area contributed by atoms with Gasteiger partial charge in [-0.2, -0.15) is 13.2 Å². The Balaban J connectivity index is 1.89. The zero-order valence-electron chi connectivity index (χ0n) is 14.4. The molecular weight excluding hydrogens is 353 g/mol. The standard InChI is InChI=1S/C21H17F3N2O/c1-2-19(27)26-13-16-8-7-15(20-18(16)4-3-11-25-20)12-14-5-9-17(10-6-14)21(22,23)24/h2-11H,1,12-13H2,(H,26,27). The van der Waals surface area contributed by atoms with Crippen LogP contribution in [0.1, 0.15) is 22.3 Å². The number of rotatable bonds is 5. The topological polar surface area (TPSA) is 42.0 Å². The van der Waals surface area contributed by atoms with Crippen molar-refractivity contribution in [1.29, 1.82) is 0 Å². The van der Waals surface area contributed by atoms with Crippen LogP contribution in [0.25, 0.3) is 10.9 Å². The summed E-state index contributed by atoms with van der Waals surface area (Å²) in [6.07, 6.45) is -1.00. The normalized spacial score (nSPS) is 11.4. The van der Waals surface area contributed by atoms with E-state index in [0.717, 1.165) is 39.7 Å². The van der Waals surface area contributed by atoms with Gasteiger partial charge >= 0.3 is 6.18 Å². The van der Waals surface area contributed by atoms with Gasteiger partial charge in [0.2, 0.25) is 5.91 Å². The molecule has 0 aliphatic carbocycles. The van der Waals surface area contributed by atoms with Crippen LogP contribution in [0.3, 0.4) is 0 Å². The number of halogens is 3. The van der Waals surface area contributed by atoms with Gasteiger partial charge in [-0.25, -0.2) is 0 Å². The zero-order chi connectivity index (χ0) is 19.4. The predicted molar refractivity (Wildman–Crippen MR) is 98.0 cm³/mol. The van der Waals surface area contributed by atoms with Crippen LogP contribution in [0, 0.1) is 0 Å². The minimum Gasteiger partial charge on any atom is -0.348 e. The Kier molecular flexibility index (Phi) is 5.26. The van der Waals surface area contributed by atoms with Crippen molar-refractivity contribution in [3.63, 3.8) is 0 Å². The number of carbonyl (C=O) groups excluding carboxylic acids is 1. The average molecular weight is 370 g/mol. The fourth-order valence-corrected chi connectivity index (χ4v) is 2.87. The maximum atomic E-state index is 12.7. The first-order chi connectivity index (χ1) is 12.9. The van der Waals surface area contributed by atoms with Gasteiger partial charge in [-0.1, -0.05) is 36.9 Å². The Labute approximate surface area is 154 Å². The van der Waals surface area contributed by atoms with Crippen LogP contribution in [0.2, 0.25) is 0 Å². The number of benzene rings is 2. The molecule has 27 heavy (non-hydrogen) atoms. The van der Waals surface area contributed by atoms with Gasteiger partial charge < -0.3 is 5.32 Å². The van der Waals surface area contributed by atoms with E-state index in [1.165, 1.54) is 18.2 Å². The summed E-state index contributed by atoms with van der Waals surface area (Å²) < 4.78 is 38.1. The third-order valence-corrected chi connectivity index (χ3v) is 4.26. The number of hydrogen-bond acceptors (Lipinski definition) is 2. The number of nitrogens with zero attached hydrogens (tertiary/aromatic N) is 1. The lowest BCUT2D eigenvalue weighted by Gasteiger charge is -2.12. The molecule has 0 unspecified atom stereocenters. The van der Waals surface area contributed by atoms with Crippen molar-refractivity contribution in [2.75, 3.05) is 0 Å². The molecule has 3 nitrogen and oxygen atoms in total. The molecule has 1 amide bonds. The van der Waals surface area contributed by atoms with E-state index >= 15 is 0 Å². The second kappa shape index (κ2) is 7.61. The molecule has 3 rings (SSSR count). The van der Waals surface area contributed by atoms with E-state index in [-0.39, 0.29) is 5.91 Å². The van der Waals surface area contributed by atoms with Crippen molar-refractivity contribution in [3.8, 4) is 0 Å². The predicted octanol–water partition coefficient (Wildman–Crippen LogP) is 4.65. The molecule has 6 heteroatoms. The van der Waals surface area contributed by atoms with Gasteiger partial charge in [-0.3, -0.25) is 9.78 Å². The Morgan fingerprint density at radius 3 is 2.44 bits per heavy atom. The van der Waals surface area contributed by atoms with Gasteiger partial charge in [-0.05, 0) is 47.4 Å². The first-order valence-corrected chi connectivity index (χ1v) is 8.30. The highest BCUT2D eigenvalue weighted by Crippen LogP contribution is 2.30. The summed E-state index contributed by atoms with van der Waals surface area (Å²) in [4.78, 5) is 15.8. The summed E-state index contributed by atoms with van der Waals surface area (Å²) in [7, 11) is 0. The summed E-state index contributed by atoms with van der Waals surface area (Å²) in [5.74, 6) is -0.263. The van der Waals surface area contributed by atoms with Gasteiger partial charge in [0.05, 0.1) is 11.1 Å². The molecule has 0 aliphatic heterocycles. The maximum Gasteiger partial charge on any atom is 0.416 e. The molecule has 0 saturated heterocycles.